The van der Waals surface area contributed by atoms with Crippen LogP contribution in [-0.4, -0.2) is 50.0 Å². The quantitative estimate of drug-likeness (QED) is 0.633. The Morgan fingerprint density at radius 2 is 2.19 bits per heavy atom. The van der Waals surface area contributed by atoms with Crippen molar-refractivity contribution in [1.82, 2.24) is 4.90 Å². The lowest BCUT2D eigenvalue weighted by molar-refractivity contribution is 0.0600. The summed E-state index contributed by atoms with van der Waals surface area (Å²) >= 11 is 7.52. The van der Waals surface area contributed by atoms with E-state index in [-0.39, 0.29) is 11.5 Å². The lowest BCUT2D eigenvalue weighted by Crippen LogP contribution is -2.26. The minimum atomic E-state index is -0.396. The smallest absolute Gasteiger partial charge is 0.341 e. The maximum atomic E-state index is 12.3. The standard InChI is InChI=1S/C18H19ClN2O4S/c1-21-5-4-12-14(9-21)26-17(15(12)18(23)25-3)20-8-10-6-11(19)7-13(24-2)16(10)22/h6-8,22H,4-5,9H2,1-3H3/b20-8+. The van der Waals surface area contributed by atoms with Gasteiger partial charge in [-0.15, -0.1) is 11.3 Å². The minimum absolute atomic E-state index is 0.0543. The Morgan fingerprint density at radius 3 is 2.88 bits per heavy atom. The van der Waals surface area contributed by atoms with Crippen LogP contribution in [0.4, 0.5) is 5.00 Å². The summed E-state index contributed by atoms with van der Waals surface area (Å²) in [5.41, 5.74) is 1.92. The van der Waals surface area contributed by atoms with Crippen LogP contribution < -0.4 is 4.74 Å². The number of benzene rings is 1. The molecule has 0 fully saturated rings. The first-order chi connectivity index (χ1) is 12.4. The van der Waals surface area contributed by atoms with Crippen LogP contribution in [0.15, 0.2) is 17.1 Å². The van der Waals surface area contributed by atoms with Crippen molar-refractivity contribution in [3.63, 3.8) is 0 Å². The number of rotatable bonds is 4. The molecule has 2 aromatic rings. The molecule has 8 heteroatoms. The van der Waals surface area contributed by atoms with Crippen LogP contribution in [0.2, 0.25) is 5.02 Å². The molecule has 0 unspecified atom stereocenters. The van der Waals surface area contributed by atoms with Gasteiger partial charge in [0.1, 0.15) is 5.00 Å². The first-order valence-corrected chi connectivity index (χ1v) is 9.16. The summed E-state index contributed by atoms with van der Waals surface area (Å²) in [4.78, 5) is 20.0. The Kier molecular flexibility index (Phi) is 5.50. The number of phenols is 1. The molecule has 0 atom stereocenters. The van der Waals surface area contributed by atoms with Gasteiger partial charge in [-0.3, -0.25) is 0 Å². The Hall–Kier alpha value is -2.09. The van der Waals surface area contributed by atoms with E-state index in [9.17, 15) is 9.90 Å². The monoisotopic (exact) mass is 394 g/mol. The highest BCUT2D eigenvalue weighted by molar-refractivity contribution is 7.16. The molecule has 6 nitrogen and oxygen atoms in total. The largest absolute Gasteiger partial charge is 0.504 e. The van der Waals surface area contributed by atoms with Gasteiger partial charge in [0.15, 0.2) is 11.5 Å². The molecule has 0 spiro atoms. The Morgan fingerprint density at radius 1 is 1.42 bits per heavy atom. The number of phenolic OH excluding ortho intramolecular Hbond substituents is 1. The van der Waals surface area contributed by atoms with Gasteiger partial charge in [0.05, 0.1) is 19.8 Å². The van der Waals surface area contributed by atoms with E-state index < -0.39 is 5.97 Å². The lowest BCUT2D eigenvalue weighted by atomic mass is 10.0. The number of aromatic hydroxyl groups is 1. The molecular formula is C18H19ClN2O4S. The number of methoxy groups -OCH3 is 2. The number of carbonyl (C=O) groups is 1. The molecule has 1 aromatic carbocycles. The van der Waals surface area contributed by atoms with Crippen molar-refractivity contribution in [2.75, 3.05) is 27.8 Å². The molecule has 1 aliphatic heterocycles. The summed E-state index contributed by atoms with van der Waals surface area (Å²) in [6.07, 6.45) is 2.26. The molecule has 0 amide bonds. The molecule has 1 aliphatic rings. The molecule has 0 bridgehead atoms. The Balaban J connectivity index is 2.04. The maximum Gasteiger partial charge on any atom is 0.341 e. The highest BCUT2D eigenvalue weighted by atomic mass is 35.5. The number of fused-ring (bicyclic) bond motifs is 1. The molecule has 138 valence electrons. The summed E-state index contributed by atoms with van der Waals surface area (Å²) in [6.45, 7) is 1.65. The fourth-order valence-electron chi connectivity index (χ4n) is 2.90. The van der Waals surface area contributed by atoms with Gasteiger partial charge in [-0.2, -0.15) is 0 Å². The SMILES string of the molecule is COC(=O)c1c(/N=C/c2cc(Cl)cc(OC)c2O)sc2c1CCN(C)C2. The number of aliphatic imine (C=N–C) groups is 1. The van der Waals surface area contributed by atoms with Gasteiger partial charge in [-0.05, 0) is 25.1 Å². The van der Waals surface area contributed by atoms with Crippen molar-refractivity contribution < 1.29 is 19.4 Å². The molecule has 0 saturated carbocycles. The third-order valence-electron chi connectivity index (χ3n) is 4.23. The third-order valence-corrected chi connectivity index (χ3v) is 5.57. The lowest BCUT2D eigenvalue weighted by Gasteiger charge is -2.22. The number of hydrogen-bond acceptors (Lipinski definition) is 7. The predicted molar refractivity (Wildman–Crippen MR) is 103 cm³/mol. The molecule has 1 aromatic heterocycles. The van der Waals surface area contributed by atoms with E-state index in [1.165, 1.54) is 37.8 Å². The minimum Gasteiger partial charge on any atom is -0.504 e. The van der Waals surface area contributed by atoms with Gasteiger partial charge in [0.2, 0.25) is 0 Å². The second kappa shape index (κ2) is 7.65. The van der Waals surface area contributed by atoms with Gasteiger partial charge in [0, 0.05) is 40.8 Å². The van der Waals surface area contributed by atoms with E-state index in [0.717, 1.165) is 30.0 Å². The first-order valence-electron chi connectivity index (χ1n) is 7.96. The molecule has 0 radical (unpaired) electrons. The van der Waals surface area contributed by atoms with E-state index >= 15 is 0 Å². The normalized spacial score (nSPS) is 14.5. The number of esters is 1. The average molecular weight is 395 g/mol. The van der Waals surface area contributed by atoms with E-state index in [1.54, 1.807) is 6.07 Å². The number of nitrogens with zero attached hydrogens (tertiary/aromatic N) is 2. The predicted octanol–water partition coefficient (Wildman–Crippen LogP) is 3.64. The number of thiophene rings is 1. The van der Waals surface area contributed by atoms with Crippen molar-refractivity contribution >= 4 is 40.1 Å². The van der Waals surface area contributed by atoms with Crippen molar-refractivity contribution in [2.24, 2.45) is 4.99 Å². The summed E-state index contributed by atoms with van der Waals surface area (Å²) in [6, 6.07) is 3.11. The molecule has 26 heavy (non-hydrogen) atoms. The zero-order chi connectivity index (χ0) is 18.8. The third kappa shape index (κ3) is 3.56. The maximum absolute atomic E-state index is 12.3. The van der Waals surface area contributed by atoms with Gasteiger partial charge in [-0.1, -0.05) is 11.6 Å². The summed E-state index contributed by atoms with van der Waals surface area (Å²) < 4.78 is 10.1. The van der Waals surface area contributed by atoms with Gasteiger partial charge < -0.3 is 19.5 Å². The first kappa shape index (κ1) is 18.7. The zero-order valence-electron chi connectivity index (χ0n) is 14.7. The second-order valence-corrected chi connectivity index (χ2v) is 7.49. The molecular weight excluding hydrogens is 376 g/mol. The van der Waals surface area contributed by atoms with E-state index in [2.05, 4.69) is 9.89 Å². The highest BCUT2D eigenvalue weighted by Crippen LogP contribution is 2.39. The van der Waals surface area contributed by atoms with Crippen LogP contribution in [0.3, 0.4) is 0 Å². The van der Waals surface area contributed by atoms with Crippen LogP contribution in [-0.2, 0) is 17.7 Å². The summed E-state index contributed by atoms with van der Waals surface area (Å²) in [5.74, 6) is -0.187. The van der Waals surface area contributed by atoms with Crippen LogP contribution in [0, 0.1) is 0 Å². The van der Waals surface area contributed by atoms with Crippen LogP contribution in [0.5, 0.6) is 11.5 Å². The molecule has 0 saturated heterocycles. The topological polar surface area (TPSA) is 71.4 Å². The number of carbonyl (C=O) groups excluding carboxylic acids is 1. The van der Waals surface area contributed by atoms with Crippen LogP contribution >= 0.6 is 22.9 Å². The van der Waals surface area contributed by atoms with Crippen molar-refractivity contribution in [3.8, 4) is 11.5 Å². The van der Waals surface area contributed by atoms with Gasteiger partial charge in [-0.25, -0.2) is 9.79 Å². The summed E-state index contributed by atoms with van der Waals surface area (Å²) in [5, 5.41) is 11.2. The van der Waals surface area contributed by atoms with E-state index in [1.807, 2.05) is 7.05 Å². The zero-order valence-corrected chi connectivity index (χ0v) is 16.3. The van der Waals surface area contributed by atoms with Crippen LogP contribution in [0.1, 0.15) is 26.4 Å². The molecule has 1 N–H and O–H groups in total. The van der Waals surface area contributed by atoms with Crippen molar-refractivity contribution in [3.05, 3.63) is 38.7 Å². The number of ether oxygens (including phenoxy) is 2. The average Bonchev–Trinajstić information content (AvgIpc) is 2.98. The van der Waals surface area contributed by atoms with Gasteiger partial charge >= 0.3 is 5.97 Å². The van der Waals surface area contributed by atoms with Crippen molar-refractivity contribution in [2.45, 2.75) is 13.0 Å². The fourth-order valence-corrected chi connectivity index (χ4v) is 4.37. The Labute approximate surface area is 160 Å². The molecule has 2 heterocycles. The summed E-state index contributed by atoms with van der Waals surface area (Å²) in [7, 11) is 4.85. The molecule has 0 aliphatic carbocycles. The number of likely N-dealkylation sites (N-methyl/N-ethyl adjacent to an activating group) is 1. The van der Waals surface area contributed by atoms with Crippen LogP contribution in [0.25, 0.3) is 0 Å². The second-order valence-electron chi connectivity index (χ2n) is 5.97. The Bertz CT molecular complexity index is 879. The highest BCUT2D eigenvalue weighted by Gasteiger charge is 2.27. The van der Waals surface area contributed by atoms with Gasteiger partial charge in [0.25, 0.3) is 0 Å². The van der Waals surface area contributed by atoms with E-state index in [4.69, 9.17) is 21.1 Å². The number of halogens is 1. The van der Waals surface area contributed by atoms with E-state index in [0.29, 0.717) is 21.2 Å². The fraction of sp³-hybridized carbons (Fsp3) is 0.333. The van der Waals surface area contributed by atoms with Crippen molar-refractivity contribution in [1.29, 1.82) is 0 Å². The molecule has 3 rings (SSSR count). The number of hydrogen-bond donors (Lipinski definition) is 1.